The maximum absolute atomic E-state index is 11.6. The Labute approximate surface area is 224 Å². The number of thiocarbonyl (C=S) groups is 1. The largest absolute Gasteiger partial charge is 0.480 e. The summed E-state index contributed by atoms with van der Waals surface area (Å²) in [6.07, 6.45) is 0.618. The van der Waals surface area contributed by atoms with Crippen molar-refractivity contribution in [2.45, 2.75) is 18.9 Å². The summed E-state index contributed by atoms with van der Waals surface area (Å²) in [5, 5.41) is 29.8. The van der Waals surface area contributed by atoms with Gasteiger partial charge in [-0.1, -0.05) is 12.1 Å². The van der Waals surface area contributed by atoms with Crippen LogP contribution in [0.15, 0.2) is 29.3 Å². The van der Waals surface area contributed by atoms with Gasteiger partial charge in [0, 0.05) is 25.7 Å². The van der Waals surface area contributed by atoms with Gasteiger partial charge < -0.3 is 24.8 Å². The van der Waals surface area contributed by atoms with Gasteiger partial charge in [-0.2, -0.15) is 4.99 Å². The Bertz CT molecular complexity index is 943. The van der Waals surface area contributed by atoms with Crippen molar-refractivity contribution in [1.29, 1.82) is 0 Å². The first-order chi connectivity index (χ1) is 18.2. The molecular formula is C23H30N4O10S. The highest BCUT2D eigenvalue weighted by atomic mass is 32.1. The highest BCUT2D eigenvalue weighted by Crippen LogP contribution is 2.17. The van der Waals surface area contributed by atoms with Crippen LogP contribution in [0.1, 0.15) is 12.0 Å². The lowest BCUT2D eigenvalue weighted by Crippen LogP contribution is -2.48. The molecule has 0 spiro atoms. The number of ether oxygens (including phenoxy) is 2. The van der Waals surface area contributed by atoms with Crippen LogP contribution in [-0.4, -0.2) is 125 Å². The second-order valence-corrected chi connectivity index (χ2v) is 8.26. The number of benzene rings is 1. The van der Waals surface area contributed by atoms with Gasteiger partial charge in [-0.05, 0) is 42.8 Å². The summed E-state index contributed by atoms with van der Waals surface area (Å²) in [7, 11) is 0. The maximum atomic E-state index is 11.6. The van der Waals surface area contributed by atoms with Crippen LogP contribution in [0.2, 0.25) is 0 Å². The summed E-state index contributed by atoms with van der Waals surface area (Å²) in [6, 6.07) is 6.51. The van der Waals surface area contributed by atoms with E-state index in [9.17, 15) is 29.1 Å². The van der Waals surface area contributed by atoms with Gasteiger partial charge in [0.15, 0.2) is 0 Å². The van der Waals surface area contributed by atoms with Gasteiger partial charge in [-0.25, -0.2) is 4.90 Å². The number of nitrogens with zero attached hydrogens (tertiary/aromatic N) is 4. The van der Waals surface area contributed by atoms with Gasteiger partial charge in [0.1, 0.15) is 13.5 Å². The summed E-state index contributed by atoms with van der Waals surface area (Å²) in [4.78, 5) is 63.6. The molecule has 0 saturated heterocycles. The van der Waals surface area contributed by atoms with Crippen molar-refractivity contribution < 1.29 is 48.8 Å². The van der Waals surface area contributed by atoms with Crippen LogP contribution in [0.5, 0.6) is 0 Å². The van der Waals surface area contributed by atoms with Crippen molar-refractivity contribution in [3.8, 4) is 0 Å². The lowest BCUT2D eigenvalue weighted by molar-refractivity contribution is -0.145. The van der Waals surface area contributed by atoms with Crippen molar-refractivity contribution in [3.05, 3.63) is 29.8 Å². The molecule has 1 atom stereocenters. The number of carbonyl (C=O) groups is 5. The number of hydrogen-bond acceptors (Lipinski definition) is 12. The number of carboxylic acids is 3. The third-order valence-electron chi connectivity index (χ3n) is 5.21. The van der Waals surface area contributed by atoms with Crippen molar-refractivity contribution in [2.24, 2.45) is 4.99 Å². The molecule has 0 amide bonds. The monoisotopic (exact) mass is 554 g/mol. The zero-order valence-electron chi connectivity index (χ0n) is 20.5. The van der Waals surface area contributed by atoms with Crippen molar-refractivity contribution in [1.82, 2.24) is 14.7 Å². The Morgan fingerprint density at radius 1 is 0.895 bits per heavy atom. The molecule has 1 unspecified atom stereocenters. The van der Waals surface area contributed by atoms with Gasteiger partial charge >= 0.3 is 17.9 Å². The molecule has 208 valence electrons. The van der Waals surface area contributed by atoms with Crippen LogP contribution >= 0.6 is 12.2 Å². The Morgan fingerprint density at radius 2 is 1.39 bits per heavy atom. The number of aliphatic carboxylic acids is 3. The van der Waals surface area contributed by atoms with E-state index in [1.807, 2.05) is 0 Å². The fourth-order valence-electron chi connectivity index (χ4n) is 3.68. The van der Waals surface area contributed by atoms with E-state index in [0.29, 0.717) is 12.1 Å². The van der Waals surface area contributed by atoms with E-state index < -0.39 is 37.0 Å². The van der Waals surface area contributed by atoms with Crippen LogP contribution in [0.3, 0.4) is 0 Å². The summed E-state index contributed by atoms with van der Waals surface area (Å²) in [5.41, 5.74) is 1.41. The third-order valence-corrected chi connectivity index (χ3v) is 5.30. The average molecular weight is 555 g/mol. The number of isothiocyanates is 1. The fourth-order valence-corrected chi connectivity index (χ4v) is 3.79. The molecule has 38 heavy (non-hydrogen) atoms. The van der Waals surface area contributed by atoms with Gasteiger partial charge in [0.25, 0.3) is 12.9 Å². The predicted octanol–water partition coefficient (Wildman–Crippen LogP) is 0.143. The second-order valence-electron chi connectivity index (χ2n) is 8.08. The molecule has 14 nitrogen and oxygen atoms in total. The number of carbonyl (C=O) groups excluding carboxylic acids is 2. The summed E-state index contributed by atoms with van der Waals surface area (Å²) in [6.45, 7) is -0.890. The third kappa shape index (κ3) is 14.1. The molecule has 15 heteroatoms. The normalized spacial score (nSPS) is 11.6. The molecule has 0 saturated carbocycles. The van der Waals surface area contributed by atoms with Crippen LogP contribution in [0.4, 0.5) is 5.69 Å². The molecule has 1 aromatic carbocycles. The molecule has 1 rings (SSSR count). The first-order valence-electron chi connectivity index (χ1n) is 11.3. The van der Waals surface area contributed by atoms with E-state index in [2.05, 4.69) is 22.4 Å². The van der Waals surface area contributed by atoms with E-state index in [1.165, 1.54) is 4.90 Å². The smallest absolute Gasteiger partial charge is 0.317 e. The fraction of sp³-hybridized carbons (Fsp3) is 0.478. The Hall–Kier alpha value is -3.75. The van der Waals surface area contributed by atoms with E-state index in [1.54, 1.807) is 34.1 Å². The first-order valence-corrected chi connectivity index (χ1v) is 11.7. The zero-order valence-corrected chi connectivity index (χ0v) is 21.3. The van der Waals surface area contributed by atoms with E-state index >= 15 is 0 Å². The maximum Gasteiger partial charge on any atom is 0.317 e. The molecule has 0 heterocycles. The van der Waals surface area contributed by atoms with Crippen LogP contribution in [0, 0.1) is 0 Å². The summed E-state index contributed by atoms with van der Waals surface area (Å²) in [5.74, 6) is -3.48. The minimum absolute atomic E-state index is 0.105. The van der Waals surface area contributed by atoms with Gasteiger partial charge in [0.05, 0.1) is 30.5 Å². The Morgan fingerprint density at radius 3 is 1.87 bits per heavy atom. The first kappa shape index (κ1) is 32.3. The van der Waals surface area contributed by atoms with Crippen LogP contribution in [-0.2, 0) is 39.9 Å². The number of rotatable bonds is 22. The molecule has 0 aromatic heterocycles. The van der Waals surface area contributed by atoms with Gasteiger partial charge in [-0.15, -0.1) is 0 Å². The molecule has 0 bridgehead atoms. The Kier molecular flexibility index (Phi) is 15.7. The second kappa shape index (κ2) is 18.5. The van der Waals surface area contributed by atoms with E-state index in [0.717, 1.165) is 5.56 Å². The molecule has 0 aliphatic rings. The number of aliphatic imine (C=N–C) groups is 1. The van der Waals surface area contributed by atoms with E-state index in [4.69, 9.17) is 19.7 Å². The van der Waals surface area contributed by atoms with Gasteiger partial charge in [0.2, 0.25) is 0 Å². The minimum Gasteiger partial charge on any atom is -0.480 e. The zero-order chi connectivity index (χ0) is 28.3. The van der Waals surface area contributed by atoms with Crippen molar-refractivity contribution >= 4 is 53.9 Å². The molecule has 1 aromatic rings. The summed E-state index contributed by atoms with van der Waals surface area (Å²) < 4.78 is 9.75. The Balaban J connectivity index is 3.10. The molecule has 0 radical (unpaired) electrons. The lowest BCUT2D eigenvalue weighted by atomic mass is 10.0. The van der Waals surface area contributed by atoms with Crippen molar-refractivity contribution in [3.63, 3.8) is 0 Å². The molecular weight excluding hydrogens is 524 g/mol. The molecule has 0 fully saturated rings. The molecule has 0 aliphatic carbocycles. The standard InChI is InChI=1S/C23H30N4O10S/c28-16-36-14-27(15-37-17-29)20(8-18-2-4-19(5-3-18)24-13-38)9-25(10-21(30)31)6-1-7-26(11-22(32)33)12-23(34)35/h2-5,16-17,20H,1,6-12,14-15H2,(H,30,31)(H,32,33)(H,34,35). The predicted molar refractivity (Wildman–Crippen MR) is 135 cm³/mol. The van der Waals surface area contributed by atoms with Gasteiger partial charge in [-0.3, -0.25) is 33.8 Å². The number of carboxylic acid groups (broad SMARTS) is 3. The lowest BCUT2D eigenvalue weighted by Gasteiger charge is -2.34. The average Bonchev–Trinajstić information content (AvgIpc) is 2.84. The topological polar surface area (TPSA) is 187 Å². The minimum atomic E-state index is -1.18. The van der Waals surface area contributed by atoms with Crippen molar-refractivity contribution in [2.75, 3.05) is 52.7 Å². The van der Waals surface area contributed by atoms with Crippen LogP contribution in [0.25, 0.3) is 0 Å². The number of hydrogen-bond donors (Lipinski definition) is 3. The quantitative estimate of drug-likeness (QED) is 0.0760. The summed E-state index contributed by atoms with van der Waals surface area (Å²) >= 11 is 4.60. The molecule has 3 N–H and O–H groups in total. The SMILES string of the molecule is O=COCN(COC=O)C(Cc1ccc(N=C=S)cc1)CN(CCCN(CC(=O)O)CC(=O)O)CC(=O)O. The highest BCUT2D eigenvalue weighted by Gasteiger charge is 2.25. The van der Waals surface area contributed by atoms with Crippen LogP contribution < -0.4 is 0 Å². The molecule has 0 aliphatic heterocycles. The van der Waals surface area contributed by atoms with E-state index in [-0.39, 0.29) is 59.0 Å². The highest BCUT2D eigenvalue weighted by molar-refractivity contribution is 7.78.